The van der Waals surface area contributed by atoms with Crippen LogP contribution in [0.15, 0.2) is 84.9 Å². The van der Waals surface area contributed by atoms with Crippen molar-refractivity contribution in [2.75, 3.05) is 13.2 Å². The van der Waals surface area contributed by atoms with Gasteiger partial charge < -0.3 is 29.2 Å². The number of aryl methyl sites for hydroxylation is 4. The van der Waals surface area contributed by atoms with Crippen molar-refractivity contribution in [1.82, 2.24) is 0 Å². The van der Waals surface area contributed by atoms with Crippen molar-refractivity contribution in [2.24, 2.45) is 0 Å². The number of esters is 2. The van der Waals surface area contributed by atoms with Gasteiger partial charge in [0.15, 0.2) is 12.2 Å². The van der Waals surface area contributed by atoms with Gasteiger partial charge in [-0.05, 0) is 71.2 Å². The maximum Gasteiger partial charge on any atom is 0.306 e. The molecule has 10 nitrogen and oxygen atoms in total. The molecule has 2 fully saturated rings. The number of hydrogen-bond acceptors (Lipinski definition) is 8. The molecule has 0 radical (unpaired) electrons. The van der Waals surface area contributed by atoms with Crippen LogP contribution in [0.2, 0.25) is 0 Å². The first-order valence-electron chi connectivity index (χ1n) is 17.8. The van der Waals surface area contributed by atoms with Gasteiger partial charge in [-0.15, -0.1) is 0 Å². The van der Waals surface area contributed by atoms with Gasteiger partial charge in [0.2, 0.25) is 0 Å². The molecule has 12 heteroatoms. The van der Waals surface area contributed by atoms with E-state index in [-0.39, 0.29) is 51.7 Å². The molecule has 282 valence electrons. The molecule has 6 rings (SSSR count). The zero-order chi connectivity index (χ0) is 38.2. The van der Waals surface area contributed by atoms with Crippen molar-refractivity contribution in [3.8, 4) is 22.3 Å². The molecule has 0 saturated carbocycles. The van der Waals surface area contributed by atoms with Crippen LogP contribution in [0.5, 0.6) is 0 Å². The summed E-state index contributed by atoms with van der Waals surface area (Å²) >= 11 is 0. The van der Waals surface area contributed by atoms with Gasteiger partial charge in [-0.25, -0.2) is 8.78 Å². The zero-order valence-corrected chi connectivity index (χ0v) is 29.4. The van der Waals surface area contributed by atoms with E-state index in [1.807, 2.05) is 24.3 Å². The lowest BCUT2D eigenvalue weighted by Crippen LogP contribution is -2.36. The Hall–Kier alpha value is -5.46. The van der Waals surface area contributed by atoms with Crippen LogP contribution in [0.25, 0.3) is 22.3 Å². The number of ether oxygens (including phenoxy) is 4. The predicted molar refractivity (Wildman–Crippen MR) is 191 cm³/mol. The molecule has 2 heterocycles. The maximum atomic E-state index is 14.7. The lowest BCUT2D eigenvalue weighted by atomic mass is 9.99. The summed E-state index contributed by atoms with van der Waals surface area (Å²) < 4.78 is 52.4. The molecule has 4 atom stereocenters. The van der Waals surface area contributed by atoms with Crippen LogP contribution in [0.3, 0.4) is 0 Å². The lowest BCUT2D eigenvalue weighted by molar-refractivity contribution is -0.155. The minimum Gasteiger partial charge on any atom is -0.481 e. The molecule has 4 aromatic rings. The predicted octanol–water partition coefficient (Wildman–Crippen LogP) is 6.52. The highest BCUT2D eigenvalue weighted by atomic mass is 19.1. The van der Waals surface area contributed by atoms with Crippen LogP contribution in [0, 0.1) is 11.6 Å². The van der Waals surface area contributed by atoms with E-state index in [4.69, 9.17) is 29.2 Å². The van der Waals surface area contributed by atoms with Gasteiger partial charge in [0.05, 0.1) is 13.2 Å². The average molecular weight is 743 g/mol. The number of carbonyl (C=O) groups excluding carboxylic acids is 2. The minimum atomic E-state index is -0.938. The molecule has 0 amide bonds. The largest absolute Gasteiger partial charge is 0.481 e. The Balaban J connectivity index is 0.916. The third-order valence-corrected chi connectivity index (χ3v) is 9.62. The monoisotopic (exact) mass is 742 g/mol. The second kappa shape index (κ2) is 17.6. The van der Waals surface area contributed by atoms with E-state index in [0.29, 0.717) is 46.2 Å². The molecule has 2 aliphatic heterocycles. The van der Waals surface area contributed by atoms with Gasteiger partial charge >= 0.3 is 23.9 Å². The summed E-state index contributed by atoms with van der Waals surface area (Å²) in [5.41, 5.74) is 5.08. The summed E-state index contributed by atoms with van der Waals surface area (Å²) in [4.78, 5) is 47.1. The molecule has 2 saturated heterocycles. The van der Waals surface area contributed by atoms with E-state index in [1.54, 1.807) is 48.5 Å². The van der Waals surface area contributed by atoms with Crippen molar-refractivity contribution in [2.45, 2.75) is 75.8 Å². The SMILES string of the molecule is O=C(O)CCc1ccc(-c2ccc(CCC(=O)O[C@H]3CO[C@H]4[C@@H]3OC[C@H]4OC(=O)CCc3ccc(-c4ccc(CCC(=O)O)cc4F)cc3)cc2)c(F)c1. The summed E-state index contributed by atoms with van der Waals surface area (Å²) in [6.45, 7) is 0.227. The first-order chi connectivity index (χ1) is 26.0. The van der Waals surface area contributed by atoms with Crippen LogP contribution in [-0.2, 0) is 63.8 Å². The smallest absolute Gasteiger partial charge is 0.306 e. The fourth-order valence-electron chi connectivity index (χ4n) is 6.68. The van der Waals surface area contributed by atoms with Gasteiger partial charge in [0.25, 0.3) is 0 Å². The Labute approximate surface area is 310 Å². The van der Waals surface area contributed by atoms with Crippen LogP contribution in [-0.4, -0.2) is 71.7 Å². The summed E-state index contributed by atoms with van der Waals surface area (Å²) in [5, 5.41) is 17.7. The Morgan fingerprint density at radius 3 is 1.24 bits per heavy atom. The Bertz CT molecular complexity index is 1840. The van der Waals surface area contributed by atoms with Gasteiger partial charge in [0, 0.05) is 36.8 Å². The van der Waals surface area contributed by atoms with Gasteiger partial charge in [-0.1, -0.05) is 72.8 Å². The highest BCUT2D eigenvalue weighted by molar-refractivity contribution is 5.72. The standard InChI is InChI=1S/C42H40F2O10/c43-33-21-27(7-17-37(45)46)5-15-31(33)29-11-1-25(2-12-29)9-19-39(49)53-35-23-51-42-36(24-52-41(35)42)54-40(50)20-10-26-3-13-30(14-4-26)32-16-6-28(22-34(32)44)8-18-38(47)48/h1-6,11-16,21-22,35-36,41-42H,7-10,17-20,23-24H2,(H,45,46)(H,47,48)/t35-,36+,41-,42-/m1/s1. The summed E-state index contributed by atoms with van der Waals surface area (Å²) in [6, 6.07) is 23.8. The number of carboxylic acids is 2. The van der Waals surface area contributed by atoms with Crippen molar-refractivity contribution in [3.63, 3.8) is 0 Å². The fourth-order valence-corrected chi connectivity index (χ4v) is 6.68. The topological polar surface area (TPSA) is 146 Å². The molecule has 54 heavy (non-hydrogen) atoms. The van der Waals surface area contributed by atoms with Crippen LogP contribution in [0.4, 0.5) is 8.78 Å². The highest BCUT2D eigenvalue weighted by Crippen LogP contribution is 2.32. The number of halogens is 2. The maximum absolute atomic E-state index is 14.7. The van der Waals surface area contributed by atoms with E-state index in [1.165, 1.54) is 12.1 Å². The molecule has 0 unspecified atom stereocenters. The quantitative estimate of drug-likeness (QED) is 0.122. The third kappa shape index (κ3) is 9.94. The Morgan fingerprint density at radius 1 is 0.537 bits per heavy atom. The van der Waals surface area contributed by atoms with E-state index in [2.05, 4.69) is 0 Å². The van der Waals surface area contributed by atoms with E-state index in [0.717, 1.165) is 11.1 Å². The van der Waals surface area contributed by atoms with Crippen LogP contribution in [0.1, 0.15) is 47.9 Å². The fraction of sp³-hybridized carbons (Fsp3) is 0.333. The molecule has 0 spiro atoms. The molecular weight excluding hydrogens is 702 g/mol. The Morgan fingerprint density at radius 2 is 0.889 bits per heavy atom. The van der Waals surface area contributed by atoms with Crippen molar-refractivity contribution < 1.29 is 57.1 Å². The summed E-state index contributed by atoms with van der Waals surface area (Å²) in [6.07, 6.45) is -1.02. The number of hydrogen-bond donors (Lipinski definition) is 2. The van der Waals surface area contributed by atoms with E-state index < -0.39 is 59.9 Å². The van der Waals surface area contributed by atoms with Crippen LogP contribution >= 0.6 is 0 Å². The molecule has 4 aromatic carbocycles. The van der Waals surface area contributed by atoms with Crippen LogP contribution < -0.4 is 0 Å². The van der Waals surface area contributed by atoms with E-state index >= 15 is 0 Å². The van der Waals surface area contributed by atoms with Crippen molar-refractivity contribution in [3.05, 3.63) is 119 Å². The number of benzene rings is 4. The van der Waals surface area contributed by atoms with Gasteiger partial charge in [-0.3, -0.25) is 19.2 Å². The number of rotatable bonds is 16. The van der Waals surface area contributed by atoms with E-state index in [9.17, 15) is 28.0 Å². The third-order valence-electron chi connectivity index (χ3n) is 9.62. The average Bonchev–Trinajstić information content (AvgIpc) is 3.74. The lowest BCUT2D eigenvalue weighted by Gasteiger charge is -2.17. The summed E-state index contributed by atoms with van der Waals surface area (Å²) in [7, 11) is 0. The van der Waals surface area contributed by atoms with Crippen molar-refractivity contribution >= 4 is 23.9 Å². The molecule has 2 aliphatic rings. The van der Waals surface area contributed by atoms with Gasteiger partial charge in [0.1, 0.15) is 23.8 Å². The first kappa shape index (κ1) is 38.3. The Kier molecular flexibility index (Phi) is 12.5. The molecule has 2 N–H and O–H groups in total. The number of aliphatic carboxylic acids is 2. The van der Waals surface area contributed by atoms with Gasteiger partial charge in [-0.2, -0.15) is 0 Å². The first-order valence-corrected chi connectivity index (χ1v) is 17.8. The number of fused-ring (bicyclic) bond motifs is 1. The summed E-state index contributed by atoms with van der Waals surface area (Å²) in [5.74, 6) is -3.60. The normalized spacial score (nSPS) is 18.9. The molecule has 0 bridgehead atoms. The second-order valence-electron chi connectivity index (χ2n) is 13.5. The molecule has 0 aromatic heterocycles. The number of carbonyl (C=O) groups is 4. The zero-order valence-electron chi connectivity index (χ0n) is 29.4. The molecular formula is C42H40F2O10. The second-order valence-corrected chi connectivity index (χ2v) is 13.5. The highest BCUT2D eigenvalue weighted by Gasteiger charge is 2.51. The minimum absolute atomic E-state index is 0.0706. The number of carboxylic acid groups (broad SMARTS) is 2. The van der Waals surface area contributed by atoms with Crippen molar-refractivity contribution in [1.29, 1.82) is 0 Å². The molecule has 0 aliphatic carbocycles.